The van der Waals surface area contributed by atoms with Crippen LogP contribution in [0.15, 0.2) is 0 Å². The first-order chi connectivity index (χ1) is 1.73. The zero-order chi connectivity index (χ0) is 3.58. The highest BCUT2D eigenvalue weighted by molar-refractivity contribution is 5.85. The Morgan fingerprint density at radius 1 is 1.60 bits per heavy atom. The molecule has 0 aromatic rings. The van der Waals surface area contributed by atoms with E-state index in [2.05, 4.69) is 11.5 Å². The molecule has 5 N–H and O–H groups in total. The van der Waals surface area contributed by atoms with Crippen LogP contribution in [0.3, 0.4) is 0 Å². The van der Waals surface area contributed by atoms with Crippen molar-refractivity contribution >= 4 is 18.4 Å². The maximum atomic E-state index is 6.06. The molecule has 0 atom stereocenters. The van der Waals surface area contributed by atoms with Crippen molar-refractivity contribution in [1.29, 1.82) is 5.41 Å². The second-order valence-corrected chi connectivity index (χ2v) is 0.455. The van der Waals surface area contributed by atoms with Gasteiger partial charge < -0.3 is 11.5 Å². The Morgan fingerprint density at radius 2 is 1.60 bits per heavy atom. The molecule has 4 heteroatoms. The molecule has 0 fully saturated rings. The molecule has 0 saturated carbocycles. The van der Waals surface area contributed by atoms with Crippen LogP contribution in [-0.4, -0.2) is 5.96 Å². The van der Waals surface area contributed by atoms with Gasteiger partial charge in [-0.2, -0.15) is 0 Å². The predicted molar refractivity (Wildman–Crippen MR) is 24.5 cm³/mol. The molecule has 3 nitrogen and oxygen atoms in total. The first kappa shape index (κ1) is 8.82. The smallest absolute Gasteiger partial charge is 0.183 e. The molecule has 0 aromatic carbocycles. The van der Waals surface area contributed by atoms with Gasteiger partial charge in [0.05, 0.1) is 0 Å². The fourth-order valence-corrected chi connectivity index (χ4v) is 0. The number of halogens is 1. The van der Waals surface area contributed by atoms with E-state index in [1.54, 1.807) is 0 Å². The molecule has 0 aliphatic rings. The summed E-state index contributed by atoms with van der Waals surface area (Å²) in [7, 11) is 0. The second kappa shape index (κ2) is 3.56. The predicted octanol–water partition coefficient (Wildman–Crippen LogP) is -0.627. The molecule has 0 aliphatic heterocycles. The minimum absolute atomic E-state index is 0. The Hall–Kier alpha value is -0.440. The van der Waals surface area contributed by atoms with Crippen molar-refractivity contribution in [2.45, 2.75) is 0 Å². The molecule has 5 heavy (non-hydrogen) atoms. The van der Waals surface area contributed by atoms with Crippen LogP contribution < -0.4 is 11.5 Å². The lowest BCUT2D eigenvalue weighted by Crippen LogP contribution is -2.20. The van der Waals surface area contributed by atoms with E-state index in [0.29, 0.717) is 0 Å². The van der Waals surface area contributed by atoms with Gasteiger partial charge in [0.25, 0.3) is 0 Å². The van der Waals surface area contributed by atoms with E-state index in [-0.39, 0.29) is 19.8 Å². The summed E-state index contributed by atoms with van der Waals surface area (Å²) in [4.78, 5) is 0. The van der Waals surface area contributed by atoms with Gasteiger partial charge in [0.15, 0.2) is 5.96 Å². The monoisotopic (exact) mass is 96.0 g/mol. The third-order valence-corrected chi connectivity index (χ3v) is 0. The molecule has 1 radical (unpaired) electrons. The minimum atomic E-state index is -0.333. The van der Waals surface area contributed by atoms with E-state index in [1.807, 2.05) is 0 Å². The van der Waals surface area contributed by atoms with Crippen molar-refractivity contribution in [2.75, 3.05) is 0 Å². The maximum absolute atomic E-state index is 6.06. The van der Waals surface area contributed by atoms with Crippen molar-refractivity contribution < 1.29 is 1.43 Å². The van der Waals surface area contributed by atoms with Crippen LogP contribution in [-0.2, 0) is 0 Å². The number of rotatable bonds is 0. The molecule has 0 saturated heterocycles. The van der Waals surface area contributed by atoms with Crippen LogP contribution in [0.2, 0.25) is 0 Å². The molecule has 0 amide bonds. The number of hydrogen-bond donors (Lipinski definition) is 3. The van der Waals surface area contributed by atoms with Gasteiger partial charge in [0.1, 0.15) is 0 Å². The summed E-state index contributed by atoms with van der Waals surface area (Å²) in [6.45, 7) is 0. The van der Waals surface area contributed by atoms with E-state index in [4.69, 9.17) is 5.41 Å². The molecule has 33 valence electrons. The number of guanidine groups is 1. The van der Waals surface area contributed by atoms with E-state index in [9.17, 15) is 0 Å². The largest absolute Gasteiger partial charge is 0.370 e. The fourth-order valence-electron chi connectivity index (χ4n) is 0. The Bertz CT molecular complexity index is 33.8. The van der Waals surface area contributed by atoms with Crippen molar-refractivity contribution in [3.05, 3.63) is 0 Å². The summed E-state index contributed by atoms with van der Waals surface area (Å²) in [6.07, 6.45) is 0. The van der Waals surface area contributed by atoms with Crippen LogP contribution in [0, 0.1) is 5.41 Å². The molecular formula is CH7ClN3. The highest BCUT2D eigenvalue weighted by atomic mass is 35.5. The van der Waals surface area contributed by atoms with Gasteiger partial charge in [0, 0.05) is 1.43 Å². The number of hydrogen-bond acceptors (Lipinski definition) is 1. The quantitative estimate of drug-likeness (QED) is 0.278. The summed E-state index contributed by atoms with van der Waals surface area (Å²) < 4.78 is 0. The average Bonchev–Trinajstić information content (AvgIpc) is 0.811. The average molecular weight is 96.5 g/mol. The van der Waals surface area contributed by atoms with E-state index in [1.165, 1.54) is 0 Å². The van der Waals surface area contributed by atoms with Gasteiger partial charge in [-0.15, -0.1) is 12.4 Å². The maximum Gasteiger partial charge on any atom is 0.183 e. The van der Waals surface area contributed by atoms with Crippen molar-refractivity contribution in [3.63, 3.8) is 0 Å². The lowest BCUT2D eigenvalue weighted by Gasteiger charge is -1.69. The van der Waals surface area contributed by atoms with Gasteiger partial charge >= 0.3 is 0 Å². The van der Waals surface area contributed by atoms with E-state index >= 15 is 0 Å². The SMILES string of the molecule is Cl.N=C(N)N.[H]. The molecule has 0 bridgehead atoms. The third-order valence-electron chi connectivity index (χ3n) is 0. The van der Waals surface area contributed by atoms with Crippen LogP contribution in [0.4, 0.5) is 0 Å². The topological polar surface area (TPSA) is 75.9 Å². The molecule has 0 aliphatic carbocycles. The Morgan fingerprint density at radius 3 is 1.60 bits per heavy atom. The molecule has 0 spiro atoms. The standard InChI is InChI=1S/CH5N3.ClH.H/c2-1(3)4;;/h(H5,2,3,4);1H;. The van der Waals surface area contributed by atoms with Crippen LogP contribution in [0.1, 0.15) is 1.43 Å². The zero-order valence-electron chi connectivity index (χ0n) is 3.56. The van der Waals surface area contributed by atoms with E-state index < -0.39 is 0 Å². The summed E-state index contributed by atoms with van der Waals surface area (Å²) in [5.41, 5.74) is 8.94. The number of nitrogens with two attached hydrogens (primary N) is 2. The molecule has 0 unspecified atom stereocenters. The summed E-state index contributed by atoms with van der Waals surface area (Å²) in [6, 6.07) is 0. The second-order valence-electron chi connectivity index (χ2n) is 0.455. The Kier molecular flexibility index (Phi) is 6.28. The normalized spacial score (nSPS) is 4.80. The highest BCUT2D eigenvalue weighted by Gasteiger charge is 1.52. The molecule has 0 heterocycles. The lowest BCUT2D eigenvalue weighted by molar-refractivity contribution is 1.39. The highest BCUT2D eigenvalue weighted by Crippen LogP contribution is 1.13. The van der Waals surface area contributed by atoms with Crippen LogP contribution in [0.25, 0.3) is 0 Å². The van der Waals surface area contributed by atoms with Crippen LogP contribution in [0.5, 0.6) is 0 Å². The van der Waals surface area contributed by atoms with Gasteiger partial charge in [0.2, 0.25) is 0 Å². The first-order valence-corrected chi connectivity index (χ1v) is 0.827. The Balaban J connectivity index is -0.0000000450. The van der Waals surface area contributed by atoms with Crippen molar-refractivity contribution in [1.82, 2.24) is 0 Å². The first-order valence-electron chi connectivity index (χ1n) is 0.827. The Labute approximate surface area is 37.7 Å². The number of nitrogens with one attached hydrogen (secondary N) is 1. The van der Waals surface area contributed by atoms with Gasteiger partial charge in [-0.05, 0) is 0 Å². The van der Waals surface area contributed by atoms with E-state index in [0.717, 1.165) is 0 Å². The summed E-state index contributed by atoms with van der Waals surface area (Å²) in [5, 5.41) is 6.06. The summed E-state index contributed by atoms with van der Waals surface area (Å²) >= 11 is 0. The van der Waals surface area contributed by atoms with Crippen molar-refractivity contribution in [2.24, 2.45) is 11.5 Å². The minimum Gasteiger partial charge on any atom is -0.370 e. The lowest BCUT2D eigenvalue weighted by atomic mass is 11.1. The summed E-state index contributed by atoms with van der Waals surface area (Å²) in [5.74, 6) is -0.333. The van der Waals surface area contributed by atoms with Gasteiger partial charge in [-0.25, -0.2) is 0 Å². The zero-order valence-corrected chi connectivity index (χ0v) is 3.38. The molecule has 0 aromatic heterocycles. The van der Waals surface area contributed by atoms with Gasteiger partial charge in [-0.1, -0.05) is 0 Å². The van der Waals surface area contributed by atoms with Crippen LogP contribution >= 0.6 is 12.4 Å². The molecular weight excluding hydrogens is 89.5 g/mol. The van der Waals surface area contributed by atoms with Crippen molar-refractivity contribution in [3.8, 4) is 0 Å². The molecule has 0 rings (SSSR count). The fraction of sp³-hybridized carbons (Fsp3) is 0. The third kappa shape index (κ3) is 44.8. The van der Waals surface area contributed by atoms with Gasteiger partial charge in [-0.3, -0.25) is 5.41 Å².